The summed E-state index contributed by atoms with van der Waals surface area (Å²) in [6.07, 6.45) is 1.35. The van der Waals surface area contributed by atoms with E-state index >= 15 is 0 Å². The summed E-state index contributed by atoms with van der Waals surface area (Å²) in [5.41, 5.74) is 2.47. The molecule has 3 N–H and O–H groups in total. The van der Waals surface area contributed by atoms with Gasteiger partial charge in [-0.3, -0.25) is 9.80 Å². The van der Waals surface area contributed by atoms with Crippen molar-refractivity contribution in [3.05, 3.63) is 124 Å². The quantitative estimate of drug-likeness (QED) is 0.301. The van der Waals surface area contributed by atoms with Crippen LogP contribution in [0.4, 0.5) is 18.9 Å². The van der Waals surface area contributed by atoms with Crippen LogP contribution in [0.25, 0.3) is 11.1 Å². The van der Waals surface area contributed by atoms with Crippen LogP contribution in [0, 0.1) is 4.91 Å². The summed E-state index contributed by atoms with van der Waals surface area (Å²) < 4.78 is 39.8. The first-order valence-corrected chi connectivity index (χ1v) is 12.0. The summed E-state index contributed by atoms with van der Waals surface area (Å²) in [5, 5.41) is 21.9. The van der Waals surface area contributed by atoms with Gasteiger partial charge < -0.3 is 10.2 Å². The Labute approximate surface area is 224 Å². The lowest BCUT2D eigenvalue weighted by Gasteiger charge is -2.23. The fraction of sp³-hybridized carbons (Fsp3) is 0.103. The second-order valence-corrected chi connectivity index (χ2v) is 9.50. The van der Waals surface area contributed by atoms with Crippen molar-refractivity contribution >= 4 is 17.4 Å². The van der Waals surface area contributed by atoms with Crippen LogP contribution in [0.15, 0.2) is 102 Å². The Balaban J connectivity index is 1.35. The highest BCUT2D eigenvalue weighted by molar-refractivity contribution is 6.12. The number of aromatic carboxylic acids is 1. The van der Waals surface area contributed by atoms with Gasteiger partial charge in [0.2, 0.25) is 17.6 Å². The van der Waals surface area contributed by atoms with Gasteiger partial charge in [-0.25, -0.2) is 4.79 Å². The van der Waals surface area contributed by atoms with E-state index in [1.54, 1.807) is 42.5 Å². The summed E-state index contributed by atoms with van der Waals surface area (Å²) in [6, 6.07) is 13.8. The molecule has 200 valence electrons. The number of anilines is 1. The number of hydrogen-bond acceptors (Lipinski definition) is 6. The van der Waals surface area contributed by atoms with Crippen LogP contribution >= 0.6 is 0 Å². The Morgan fingerprint density at radius 2 is 1.75 bits per heavy atom. The number of rotatable bonds is 4. The fourth-order valence-electron chi connectivity index (χ4n) is 5.10. The standard InChI is InChI=1S/C29H18F3N3O5/c30-29(31,32)20-9-7-17(8-10-20)24-23-16(12-14-34(24)40)11-13-28(26(23)37)33-35(28)22-6-2-5-21(25(22)36)18-3-1-4-19(15-18)27(38)39/h1-15,24,33H,(H-,36,38,39)/p+1. The number of aromatic hydroxyl groups is 1. The minimum Gasteiger partial charge on any atom is -0.505 e. The molecule has 0 aromatic heterocycles. The number of alkyl halides is 3. The van der Waals surface area contributed by atoms with Crippen molar-refractivity contribution in [3.63, 3.8) is 0 Å². The normalized spacial score (nSPS) is 21.7. The second-order valence-electron chi connectivity index (χ2n) is 9.50. The van der Waals surface area contributed by atoms with Crippen LogP contribution in [0.1, 0.15) is 27.5 Å². The first-order chi connectivity index (χ1) is 19.0. The number of Topliss-reactive ketones (excluding diaryl/α,β-unsaturated/α-hetero) is 1. The molecule has 0 amide bonds. The number of carboxylic acids is 1. The molecule has 11 heteroatoms. The van der Waals surface area contributed by atoms with Gasteiger partial charge in [-0.15, -0.1) is 0 Å². The molecule has 8 nitrogen and oxygen atoms in total. The van der Waals surface area contributed by atoms with Gasteiger partial charge in [-0.05, 0) is 47.5 Å². The van der Waals surface area contributed by atoms with Crippen molar-refractivity contribution in [2.75, 3.05) is 5.01 Å². The number of ketones is 1. The summed E-state index contributed by atoms with van der Waals surface area (Å²) in [4.78, 5) is 38.2. The van der Waals surface area contributed by atoms with Crippen LogP contribution in [0.2, 0.25) is 0 Å². The van der Waals surface area contributed by atoms with Crippen molar-refractivity contribution in [1.29, 1.82) is 0 Å². The number of benzene rings is 3. The van der Waals surface area contributed by atoms with Crippen molar-refractivity contribution in [3.8, 4) is 16.9 Å². The molecule has 3 aliphatic rings. The Kier molecular flexibility index (Phi) is 5.52. The molecule has 1 saturated heterocycles. The zero-order valence-corrected chi connectivity index (χ0v) is 20.4. The fourth-order valence-corrected chi connectivity index (χ4v) is 5.10. The van der Waals surface area contributed by atoms with Crippen LogP contribution in [0.5, 0.6) is 5.75 Å². The molecule has 6 rings (SSSR count). The van der Waals surface area contributed by atoms with Crippen molar-refractivity contribution in [1.82, 2.24) is 5.43 Å². The number of carbonyl (C=O) groups is 2. The van der Waals surface area contributed by atoms with E-state index in [1.807, 2.05) is 0 Å². The molecule has 40 heavy (non-hydrogen) atoms. The highest BCUT2D eigenvalue weighted by Crippen LogP contribution is 2.48. The van der Waals surface area contributed by atoms with E-state index in [-0.39, 0.29) is 28.1 Å². The Morgan fingerprint density at radius 1 is 1.02 bits per heavy atom. The third-order valence-electron chi connectivity index (χ3n) is 7.15. The number of carbonyl (C=O) groups excluding carboxylic acids is 1. The van der Waals surface area contributed by atoms with Gasteiger partial charge in [0.15, 0.2) is 0 Å². The Bertz CT molecular complexity index is 1710. The lowest BCUT2D eigenvalue weighted by atomic mass is 9.82. The SMILES string of the molecule is O=C(O)c1cccc(-c2cccc(N3NC34C=CC3=C(C4=O)C(c4ccc(C(F)(F)F)cc4)[N+](=O)C=C3)c2O)c1. The maximum Gasteiger partial charge on any atom is 0.416 e. The van der Waals surface area contributed by atoms with E-state index in [2.05, 4.69) is 5.43 Å². The molecule has 2 heterocycles. The predicted octanol–water partition coefficient (Wildman–Crippen LogP) is 5.28. The minimum absolute atomic E-state index is 0.0373. The number of hydrogen-bond donors (Lipinski definition) is 3. The average Bonchev–Trinajstić information content (AvgIpc) is 3.65. The number of halogens is 3. The number of para-hydroxylation sites is 1. The molecule has 1 fully saturated rings. The van der Waals surface area contributed by atoms with E-state index in [0.29, 0.717) is 21.5 Å². The average molecular weight is 546 g/mol. The van der Waals surface area contributed by atoms with Gasteiger partial charge in [0, 0.05) is 26.9 Å². The van der Waals surface area contributed by atoms with Gasteiger partial charge in [0.25, 0.3) is 6.04 Å². The van der Waals surface area contributed by atoms with E-state index in [1.165, 1.54) is 41.6 Å². The van der Waals surface area contributed by atoms with Gasteiger partial charge in [-0.2, -0.15) is 18.6 Å². The second kappa shape index (κ2) is 8.75. The molecule has 0 radical (unpaired) electrons. The predicted molar refractivity (Wildman–Crippen MR) is 137 cm³/mol. The number of carboxylic acid groups (broad SMARTS) is 1. The topological polar surface area (TPSA) is 120 Å². The summed E-state index contributed by atoms with van der Waals surface area (Å²) in [7, 11) is 0. The van der Waals surface area contributed by atoms with E-state index in [0.717, 1.165) is 12.1 Å². The molecular weight excluding hydrogens is 527 g/mol. The van der Waals surface area contributed by atoms with Gasteiger partial charge in [-0.1, -0.05) is 42.5 Å². The highest BCUT2D eigenvalue weighted by Gasteiger charge is 2.62. The Hall–Kier alpha value is -5.03. The van der Waals surface area contributed by atoms with Crippen molar-refractivity contribution in [2.45, 2.75) is 17.9 Å². The number of phenolic OH excluding ortho intramolecular Hbond substituents is 1. The largest absolute Gasteiger partial charge is 0.505 e. The van der Waals surface area contributed by atoms with E-state index in [9.17, 15) is 37.9 Å². The third-order valence-corrected chi connectivity index (χ3v) is 7.15. The number of phenols is 1. The molecule has 3 aromatic rings. The molecular formula is C29H19F3N3O5+. The van der Waals surface area contributed by atoms with Crippen LogP contribution < -0.4 is 10.4 Å². The van der Waals surface area contributed by atoms with E-state index in [4.69, 9.17) is 0 Å². The molecule has 0 saturated carbocycles. The van der Waals surface area contributed by atoms with Gasteiger partial charge in [0.05, 0.1) is 22.4 Å². The number of nitrogens with zero attached hydrogens (tertiary/aromatic N) is 2. The number of allylic oxidation sites excluding steroid dienone is 3. The van der Waals surface area contributed by atoms with Crippen LogP contribution in [0.3, 0.4) is 0 Å². The highest BCUT2D eigenvalue weighted by atomic mass is 19.4. The molecule has 2 atom stereocenters. The molecule has 1 spiro atoms. The minimum atomic E-state index is -4.55. The zero-order chi connectivity index (χ0) is 28.4. The molecule has 3 aromatic carbocycles. The Morgan fingerprint density at radius 3 is 2.45 bits per heavy atom. The molecule has 1 aliphatic carbocycles. The van der Waals surface area contributed by atoms with Gasteiger partial charge in [0.1, 0.15) is 5.75 Å². The van der Waals surface area contributed by atoms with Crippen molar-refractivity contribution in [2.24, 2.45) is 0 Å². The number of nitroso groups, excluding NO2 is 1. The van der Waals surface area contributed by atoms with Crippen LogP contribution in [-0.2, 0) is 11.0 Å². The zero-order valence-electron chi connectivity index (χ0n) is 20.4. The third kappa shape index (κ3) is 3.90. The van der Waals surface area contributed by atoms with Crippen LogP contribution in [-0.4, -0.2) is 32.4 Å². The first-order valence-electron chi connectivity index (χ1n) is 12.0. The maximum atomic E-state index is 13.9. The molecule has 2 unspecified atom stereocenters. The summed E-state index contributed by atoms with van der Waals surface area (Å²) in [6.45, 7) is 0. The lowest BCUT2D eigenvalue weighted by Crippen LogP contribution is -2.37. The maximum absolute atomic E-state index is 13.9. The first kappa shape index (κ1) is 25.3. The molecule has 0 bridgehead atoms. The smallest absolute Gasteiger partial charge is 0.416 e. The monoisotopic (exact) mass is 546 g/mol. The summed E-state index contributed by atoms with van der Waals surface area (Å²) >= 11 is 0. The lowest BCUT2D eigenvalue weighted by molar-refractivity contribution is -0.518. The van der Waals surface area contributed by atoms with Crippen molar-refractivity contribution < 1.29 is 37.7 Å². The van der Waals surface area contributed by atoms with Gasteiger partial charge >= 0.3 is 12.1 Å². The summed E-state index contributed by atoms with van der Waals surface area (Å²) in [5.74, 6) is -1.83. The number of nitrogens with one attached hydrogen (secondary N) is 1. The number of hydrazine groups is 1. The molecule has 2 aliphatic heterocycles. The van der Waals surface area contributed by atoms with E-state index < -0.39 is 35.2 Å².